The smallest absolute Gasteiger partial charge is 0.331 e. The molecule has 0 heterocycles. The molecule has 0 aromatic carbocycles. The maximum atomic E-state index is 10.9. The number of carbonyl (C=O) groups is 1. The van der Waals surface area contributed by atoms with Gasteiger partial charge < -0.3 is 10.9 Å². The molecule has 0 amide bonds. The molecule has 0 saturated heterocycles. The molecule has 114 valence electrons. The van der Waals surface area contributed by atoms with E-state index < -0.39 is 12.2 Å². The van der Waals surface area contributed by atoms with Crippen molar-refractivity contribution in [2.75, 3.05) is 0 Å². The van der Waals surface area contributed by atoms with Gasteiger partial charge in [-0.05, 0) is 12.8 Å². The van der Waals surface area contributed by atoms with Gasteiger partial charge >= 0.3 is 5.97 Å². The second-order valence-electron chi connectivity index (χ2n) is 4.80. The monoisotopic (exact) mass is 272 g/mol. The van der Waals surface area contributed by atoms with Crippen LogP contribution in [0.25, 0.3) is 0 Å². The van der Waals surface area contributed by atoms with Gasteiger partial charge in [-0.1, -0.05) is 64.9 Å². The molecule has 4 heteroatoms. The predicted molar refractivity (Wildman–Crippen MR) is 81.1 cm³/mol. The third-order valence-electron chi connectivity index (χ3n) is 3.03. The standard InChI is InChI=1S/C15H29NO2.H3N/c1-3-5-6-7-8-9-10-11-12-13-14(16)18-15(17)4-2;/h4,14H,2-3,5-13,16H2,1H3;1H3. The SMILES string of the molecule is C=CC(=O)OC(N)CCCCCCCCCCC.N. The van der Waals surface area contributed by atoms with Crippen molar-refractivity contribution in [1.29, 1.82) is 0 Å². The first-order chi connectivity index (χ1) is 8.70. The third kappa shape index (κ3) is 15.1. The fourth-order valence-electron chi connectivity index (χ4n) is 1.91. The van der Waals surface area contributed by atoms with Crippen molar-refractivity contribution in [2.24, 2.45) is 5.73 Å². The maximum Gasteiger partial charge on any atom is 0.331 e. The topological polar surface area (TPSA) is 87.3 Å². The van der Waals surface area contributed by atoms with Crippen LogP contribution in [-0.2, 0) is 9.53 Å². The molecule has 1 atom stereocenters. The van der Waals surface area contributed by atoms with Crippen LogP contribution in [0.2, 0.25) is 0 Å². The lowest BCUT2D eigenvalue weighted by Crippen LogP contribution is -2.26. The fraction of sp³-hybridized carbons (Fsp3) is 0.800. The fourth-order valence-corrected chi connectivity index (χ4v) is 1.91. The Labute approximate surface area is 118 Å². The highest BCUT2D eigenvalue weighted by atomic mass is 16.6. The number of nitrogens with two attached hydrogens (primary N) is 1. The normalized spacial score (nSPS) is 11.5. The molecule has 0 fully saturated rings. The van der Waals surface area contributed by atoms with E-state index in [1.54, 1.807) is 0 Å². The summed E-state index contributed by atoms with van der Waals surface area (Å²) in [5.41, 5.74) is 5.66. The second kappa shape index (κ2) is 15.2. The molecule has 0 rings (SSSR count). The first-order valence-electron chi connectivity index (χ1n) is 7.29. The predicted octanol–water partition coefficient (Wildman–Crippen LogP) is 4.08. The van der Waals surface area contributed by atoms with E-state index in [4.69, 9.17) is 10.5 Å². The number of esters is 1. The van der Waals surface area contributed by atoms with Gasteiger partial charge in [0.2, 0.25) is 0 Å². The van der Waals surface area contributed by atoms with E-state index >= 15 is 0 Å². The highest BCUT2D eigenvalue weighted by Crippen LogP contribution is 2.11. The number of rotatable bonds is 12. The molecule has 0 saturated carbocycles. The molecule has 0 radical (unpaired) electrons. The third-order valence-corrected chi connectivity index (χ3v) is 3.03. The average molecular weight is 272 g/mol. The summed E-state index contributed by atoms with van der Waals surface area (Å²) >= 11 is 0. The highest BCUT2D eigenvalue weighted by Gasteiger charge is 2.05. The molecule has 0 bridgehead atoms. The van der Waals surface area contributed by atoms with Crippen molar-refractivity contribution in [1.82, 2.24) is 6.15 Å². The molecular weight excluding hydrogens is 240 g/mol. The molecular formula is C15H32N2O2. The van der Waals surface area contributed by atoms with Gasteiger partial charge in [0.1, 0.15) is 0 Å². The number of hydrogen-bond acceptors (Lipinski definition) is 4. The van der Waals surface area contributed by atoms with E-state index in [0.717, 1.165) is 18.9 Å². The van der Waals surface area contributed by atoms with E-state index in [9.17, 15) is 4.79 Å². The first kappa shape index (κ1) is 20.4. The van der Waals surface area contributed by atoms with Crippen molar-refractivity contribution in [3.63, 3.8) is 0 Å². The lowest BCUT2D eigenvalue weighted by molar-refractivity contribution is -0.143. The van der Waals surface area contributed by atoms with Gasteiger partial charge in [-0.15, -0.1) is 0 Å². The summed E-state index contributed by atoms with van der Waals surface area (Å²) < 4.78 is 4.89. The van der Waals surface area contributed by atoms with Crippen LogP contribution < -0.4 is 11.9 Å². The van der Waals surface area contributed by atoms with Gasteiger partial charge in [0.05, 0.1) is 0 Å². The molecule has 1 unspecified atom stereocenters. The minimum Gasteiger partial charge on any atom is -0.444 e. The summed E-state index contributed by atoms with van der Waals surface area (Å²) in [5.74, 6) is -0.432. The van der Waals surface area contributed by atoms with Crippen LogP contribution in [0.5, 0.6) is 0 Å². The van der Waals surface area contributed by atoms with Gasteiger partial charge in [0, 0.05) is 6.08 Å². The summed E-state index contributed by atoms with van der Waals surface area (Å²) in [6.07, 6.45) is 12.9. The summed E-state index contributed by atoms with van der Waals surface area (Å²) in [4.78, 5) is 10.9. The zero-order chi connectivity index (χ0) is 13.6. The Morgan fingerprint density at radius 2 is 1.58 bits per heavy atom. The number of carbonyl (C=O) groups excluding carboxylic acids is 1. The van der Waals surface area contributed by atoms with E-state index in [-0.39, 0.29) is 6.15 Å². The number of ether oxygens (including phenoxy) is 1. The van der Waals surface area contributed by atoms with Crippen LogP contribution in [0.4, 0.5) is 0 Å². The van der Waals surface area contributed by atoms with Crippen LogP contribution >= 0.6 is 0 Å². The van der Waals surface area contributed by atoms with Crippen LogP contribution in [0.1, 0.15) is 71.1 Å². The summed E-state index contributed by atoms with van der Waals surface area (Å²) in [5, 5.41) is 0. The first-order valence-corrected chi connectivity index (χ1v) is 7.29. The lowest BCUT2D eigenvalue weighted by Gasteiger charge is -2.11. The van der Waals surface area contributed by atoms with Crippen LogP contribution in [-0.4, -0.2) is 12.2 Å². The summed E-state index contributed by atoms with van der Waals surface area (Å²) in [6.45, 7) is 5.57. The molecule has 0 aliphatic rings. The molecule has 5 N–H and O–H groups in total. The Morgan fingerprint density at radius 3 is 2.05 bits per heavy atom. The summed E-state index contributed by atoms with van der Waals surface area (Å²) in [7, 11) is 0. The minimum absolute atomic E-state index is 0. The van der Waals surface area contributed by atoms with Crippen molar-refractivity contribution >= 4 is 5.97 Å². The highest BCUT2D eigenvalue weighted by molar-refractivity contribution is 5.81. The quantitative estimate of drug-likeness (QED) is 0.242. The Morgan fingerprint density at radius 1 is 1.11 bits per heavy atom. The Kier molecular flexibility index (Phi) is 16.3. The van der Waals surface area contributed by atoms with Crippen molar-refractivity contribution in [3.05, 3.63) is 12.7 Å². The largest absolute Gasteiger partial charge is 0.444 e. The Hall–Kier alpha value is -0.870. The Bertz CT molecular complexity index is 220. The van der Waals surface area contributed by atoms with Gasteiger partial charge in [-0.25, -0.2) is 4.79 Å². The van der Waals surface area contributed by atoms with Gasteiger partial charge in [-0.3, -0.25) is 5.73 Å². The van der Waals surface area contributed by atoms with Crippen molar-refractivity contribution in [2.45, 2.75) is 77.4 Å². The van der Waals surface area contributed by atoms with E-state index in [1.807, 2.05) is 0 Å². The molecule has 4 nitrogen and oxygen atoms in total. The maximum absolute atomic E-state index is 10.9. The van der Waals surface area contributed by atoms with Crippen LogP contribution in [0.15, 0.2) is 12.7 Å². The van der Waals surface area contributed by atoms with Gasteiger partial charge in [0.15, 0.2) is 6.23 Å². The average Bonchev–Trinajstić information content (AvgIpc) is 2.36. The minimum atomic E-state index is -0.472. The summed E-state index contributed by atoms with van der Waals surface area (Å²) in [6, 6.07) is 0. The molecule has 19 heavy (non-hydrogen) atoms. The van der Waals surface area contributed by atoms with Gasteiger partial charge in [0.25, 0.3) is 0 Å². The molecule has 0 aromatic heterocycles. The molecule has 0 aromatic rings. The molecule has 0 aliphatic carbocycles. The Balaban J connectivity index is 0. The van der Waals surface area contributed by atoms with E-state index in [2.05, 4.69) is 13.5 Å². The lowest BCUT2D eigenvalue weighted by atomic mass is 10.1. The molecule has 0 aliphatic heterocycles. The van der Waals surface area contributed by atoms with Crippen molar-refractivity contribution in [3.8, 4) is 0 Å². The zero-order valence-electron chi connectivity index (χ0n) is 12.5. The van der Waals surface area contributed by atoms with Crippen LogP contribution in [0, 0.1) is 0 Å². The van der Waals surface area contributed by atoms with Gasteiger partial charge in [-0.2, -0.15) is 0 Å². The zero-order valence-corrected chi connectivity index (χ0v) is 12.5. The number of unbranched alkanes of at least 4 members (excludes halogenated alkanes) is 8. The van der Waals surface area contributed by atoms with Crippen molar-refractivity contribution < 1.29 is 9.53 Å². The number of hydrogen-bond donors (Lipinski definition) is 2. The van der Waals surface area contributed by atoms with E-state index in [1.165, 1.54) is 51.4 Å². The van der Waals surface area contributed by atoms with E-state index in [0.29, 0.717) is 0 Å². The second-order valence-corrected chi connectivity index (χ2v) is 4.80. The molecule has 0 spiro atoms. The van der Waals surface area contributed by atoms with Crippen LogP contribution in [0.3, 0.4) is 0 Å².